The van der Waals surface area contributed by atoms with Crippen LogP contribution in [0.3, 0.4) is 0 Å². The molecule has 1 unspecified atom stereocenters. The number of quaternary nitrogens is 1. The molecule has 0 fully saturated rings. The molecule has 0 aliphatic carbocycles. The van der Waals surface area contributed by atoms with Crippen LogP contribution in [-0.2, 0) is 29.2 Å². The van der Waals surface area contributed by atoms with E-state index in [1.54, 1.807) is 13.8 Å². The number of esters is 1. The lowest BCUT2D eigenvalue weighted by Crippen LogP contribution is -2.41. The maximum absolute atomic E-state index is 12.4. The number of ether oxygens (including phenoxy) is 1. The summed E-state index contributed by atoms with van der Waals surface area (Å²) in [6, 6.07) is 0. The number of carbonyl (C=O) groups is 3. The minimum absolute atomic E-state index is 0.135. The van der Waals surface area contributed by atoms with E-state index in [1.807, 2.05) is 0 Å². The van der Waals surface area contributed by atoms with Crippen LogP contribution in [0.15, 0.2) is 0 Å². The number of hydrogen-bond donors (Lipinski definition) is 0. The summed E-state index contributed by atoms with van der Waals surface area (Å²) in [5, 5.41) is 0. The van der Waals surface area contributed by atoms with Gasteiger partial charge in [-0.2, -0.15) is 0 Å². The van der Waals surface area contributed by atoms with Crippen molar-refractivity contribution in [3.8, 4) is 0 Å². The monoisotopic (exact) mass is 547 g/mol. The average Bonchev–Trinajstić information content (AvgIpc) is 2.78. The zero-order chi connectivity index (χ0) is 28.2. The van der Waals surface area contributed by atoms with Crippen molar-refractivity contribution in [3.05, 3.63) is 0 Å². The number of carbonyl (C=O) groups excluding carboxylic acids is 3. The van der Waals surface area contributed by atoms with Crippen LogP contribution in [0.1, 0.15) is 117 Å². The minimum Gasteiger partial charge on any atom is -0.748 e. The van der Waals surface area contributed by atoms with E-state index in [9.17, 15) is 27.4 Å². The van der Waals surface area contributed by atoms with Gasteiger partial charge < -0.3 is 18.6 Å². The van der Waals surface area contributed by atoms with E-state index in [2.05, 4.69) is 14.1 Å². The van der Waals surface area contributed by atoms with Crippen LogP contribution in [0.4, 0.5) is 0 Å². The van der Waals surface area contributed by atoms with Crippen LogP contribution < -0.4 is 0 Å². The van der Waals surface area contributed by atoms with E-state index in [1.165, 1.54) is 12.8 Å². The second-order valence-electron chi connectivity index (χ2n) is 11.1. The molecule has 218 valence electrons. The quantitative estimate of drug-likeness (QED) is 0.0668. The maximum atomic E-state index is 12.4. The Morgan fingerprint density at radius 2 is 1.30 bits per heavy atom. The molecule has 0 amide bonds. The predicted octanol–water partition coefficient (Wildman–Crippen LogP) is 5.19. The highest BCUT2D eigenvalue weighted by molar-refractivity contribution is 7.85. The number of unbranched alkanes of at least 4 members (excludes halogenated alkanes) is 9. The van der Waals surface area contributed by atoms with Crippen molar-refractivity contribution in [1.82, 2.24) is 0 Å². The Morgan fingerprint density at radius 3 is 1.86 bits per heavy atom. The second kappa shape index (κ2) is 20.6. The topological polar surface area (TPSA) is 118 Å². The molecule has 9 heteroatoms. The molecule has 0 aliphatic rings. The SMILES string of the molecule is CCOC(=O)C(CCCCCC(C)=O)CC(=O)CCCCCCCCCC[N+](C)(C)CCCS(=O)(=O)[O-]. The summed E-state index contributed by atoms with van der Waals surface area (Å²) in [7, 11) is 0.0291. The zero-order valence-electron chi connectivity index (χ0n) is 23.9. The van der Waals surface area contributed by atoms with E-state index >= 15 is 0 Å². The number of nitrogens with zero attached hydrogens (tertiary/aromatic N) is 1. The third kappa shape index (κ3) is 23.5. The van der Waals surface area contributed by atoms with Gasteiger partial charge in [0.15, 0.2) is 0 Å². The standard InChI is InChI=1S/C28H53NO7S/c1-5-36-28(32)26(19-14-12-13-18-25(2)30)24-27(31)20-15-10-8-6-7-9-11-16-21-29(3,4)22-17-23-37(33,34)35/h26H,5-24H2,1-4H3. The molecular weight excluding hydrogens is 494 g/mol. The van der Waals surface area contributed by atoms with Gasteiger partial charge in [-0.3, -0.25) is 9.59 Å². The van der Waals surface area contributed by atoms with Gasteiger partial charge in [0.1, 0.15) is 11.6 Å². The van der Waals surface area contributed by atoms with E-state index in [0.717, 1.165) is 68.8 Å². The van der Waals surface area contributed by atoms with Gasteiger partial charge in [-0.05, 0) is 46.0 Å². The lowest BCUT2D eigenvalue weighted by Gasteiger charge is -2.30. The third-order valence-corrected chi connectivity index (χ3v) is 7.59. The van der Waals surface area contributed by atoms with Crippen LogP contribution in [-0.4, -0.2) is 74.5 Å². The predicted molar refractivity (Wildman–Crippen MR) is 146 cm³/mol. The number of hydrogen-bond acceptors (Lipinski definition) is 7. The average molecular weight is 548 g/mol. The second-order valence-corrected chi connectivity index (χ2v) is 12.6. The highest BCUT2D eigenvalue weighted by atomic mass is 32.2. The minimum atomic E-state index is -4.12. The summed E-state index contributed by atoms with van der Waals surface area (Å²) in [6.07, 6.45) is 13.6. The van der Waals surface area contributed by atoms with Crippen molar-refractivity contribution in [2.45, 2.75) is 117 Å². The zero-order valence-corrected chi connectivity index (χ0v) is 24.7. The van der Waals surface area contributed by atoms with Crippen molar-refractivity contribution in [3.63, 3.8) is 0 Å². The largest absolute Gasteiger partial charge is 0.748 e. The van der Waals surface area contributed by atoms with Crippen molar-refractivity contribution in [1.29, 1.82) is 0 Å². The van der Waals surface area contributed by atoms with Crippen LogP contribution in [0.25, 0.3) is 0 Å². The van der Waals surface area contributed by atoms with Crippen LogP contribution in [0.5, 0.6) is 0 Å². The summed E-state index contributed by atoms with van der Waals surface area (Å²) in [5.41, 5.74) is 0. The number of rotatable bonds is 25. The Bertz CT molecular complexity index is 750. The lowest BCUT2D eigenvalue weighted by molar-refractivity contribution is -0.890. The first-order chi connectivity index (χ1) is 17.4. The first-order valence-corrected chi connectivity index (χ1v) is 15.9. The molecule has 0 aromatic carbocycles. The summed E-state index contributed by atoms with van der Waals surface area (Å²) < 4.78 is 38.1. The van der Waals surface area contributed by atoms with E-state index in [4.69, 9.17) is 4.74 Å². The van der Waals surface area contributed by atoms with E-state index in [-0.39, 0.29) is 35.6 Å². The molecule has 0 saturated heterocycles. The molecule has 0 aromatic rings. The fraction of sp³-hybridized carbons (Fsp3) is 0.893. The summed E-state index contributed by atoms with van der Waals surface area (Å²) >= 11 is 0. The molecule has 0 aliphatic heterocycles. The van der Waals surface area contributed by atoms with Gasteiger partial charge in [-0.15, -0.1) is 0 Å². The number of ketones is 2. The molecule has 0 aromatic heterocycles. The molecule has 0 bridgehead atoms. The van der Waals surface area contributed by atoms with Gasteiger partial charge in [0.2, 0.25) is 0 Å². The summed E-state index contributed by atoms with van der Waals surface area (Å²) in [4.78, 5) is 35.7. The molecule has 0 N–H and O–H groups in total. The molecule has 8 nitrogen and oxygen atoms in total. The summed E-state index contributed by atoms with van der Waals surface area (Å²) in [5.74, 6) is -0.610. The van der Waals surface area contributed by atoms with Crippen molar-refractivity contribution in [2.24, 2.45) is 5.92 Å². The maximum Gasteiger partial charge on any atom is 0.309 e. The Balaban J connectivity index is 3.91. The molecule has 0 radical (unpaired) electrons. The Hall–Kier alpha value is -1.32. The van der Waals surface area contributed by atoms with Gasteiger partial charge in [-0.25, -0.2) is 8.42 Å². The lowest BCUT2D eigenvalue weighted by atomic mass is 9.93. The van der Waals surface area contributed by atoms with E-state index in [0.29, 0.717) is 38.8 Å². The fourth-order valence-electron chi connectivity index (χ4n) is 4.59. The molecule has 0 heterocycles. The Labute approximate surface area is 226 Å². The van der Waals surface area contributed by atoms with Crippen LogP contribution in [0.2, 0.25) is 0 Å². The smallest absolute Gasteiger partial charge is 0.309 e. The molecular formula is C28H53NO7S. The Kier molecular flexibility index (Phi) is 19.9. The highest BCUT2D eigenvalue weighted by Crippen LogP contribution is 2.19. The molecule has 0 saturated carbocycles. The van der Waals surface area contributed by atoms with Gasteiger partial charge >= 0.3 is 5.97 Å². The molecule has 0 rings (SSSR count). The fourth-order valence-corrected chi connectivity index (χ4v) is 5.07. The van der Waals surface area contributed by atoms with E-state index < -0.39 is 10.1 Å². The molecule has 0 spiro atoms. The van der Waals surface area contributed by atoms with Crippen LogP contribution in [0, 0.1) is 5.92 Å². The van der Waals surface area contributed by atoms with Crippen molar-refractivity contribution >= 4 is 27.7 Å². The highest BCUT2D eigenvalue weighted by Gasteiger charge is 2.22. The molecule has 1 atom stereocenters. The van der Waals surface area contributed by atoms with Crippen LogP contribution >= 0.6 is 0 Å². The first-order valence-electron chi connectivity index (χ1n) is 14.3. The van der Waals surface area contributed by atoms with Gasteiger partial charge in [0.25, 0.3) is 0 Å². The van der Waals surface area contributed by atoms with Crippen molar-refractivity contribution < 1.29 is 36.6 Å². The normalized spacial score (nSPS) is 12.9. The van der Waals surface area contributed by atoms with Gasteiger partial charge in [-0.1, -0.05) is 44.9 Å². The molecule has 37 heavy (non-hydrogen) atoms. The third-order valence-electron chi connectivity index (χ3n) is 6.80. The summed E-state index contributed by atoms with van der Waals surface area (Å²) in [6.45, 7) is 5.36. The van der Waals surface area contributed by atoms with Crippen molar-refractivity contribution in [2.75, 3.05) is 39.5 Å². The van der Waals surface area contributed by atoms with Gasteiger partial charge in [0, 0.05) is 31.4 Å². The first kappa shape index (κ1) is 35.7. The Morgan fingerprint density at radius 1 is 0.784 bits per heavy atom. The van der Waals surface area contributed by atoms with Gasteiger partial charge in [0.05, 0.1) is 49.8 Å². The number of Topliss-reactive ketones (excluding diaryl/α,β-unsaturated/α-hetero) is 2.